The zero-order valence-electron chi connectivity index (χ0n) is 12.2. The third-order valence-corrected chi connectivity index (χ3v) is 2.85. The van der Waals surface area contributed by atoms with Crippen LogP contribution in [0.2, 0.25) is 0 Å². The Morgan fingerprint density at radius 1 is 1.05 bits per heavy atom. The molecule has 0 spiro atoms. The number of carbonyl (C=O) groups is 2. The van der Waals surface area contributed by atoms with Crippen molar-refractivity contribution in [2.45, 2.75) is 46.6 Å². The summed E-state index contributed by atoms with van der Waals surface area (Å²) in [5, 5.41) is 5.81. The highest BCUT2D eigenvalue weighted by molar-refractivity contribution is 5.89. The summed E-state index contributed by atoms with van der Waals surface area (Å²) >= 11 is 0. The topological polar surface area (TPSA) is 58.2 Å². The smallest absolute Gasteiger partial charge is 0.244 e. The van der Waals surface area contributed by atoms with E-state index in [9.17, 15) is 9.59 Å². The zero-order valence-corrected chi connectivity index (χ0v) is 12.2. The summed E-state index contributed by atoms with van der Waals surface area (Å²) < 4.78 is 0. The van der Waals surface area contributed by atoms with E-state index in [4.69, 9.17) is 0 Å². The predicted octanol–water partition coefficient (Wildman–Crippen LogP) is 1.93. The third-order valence-electron chi connectivity index (χ3n) is 2.85. The molecule has 2 N–H and O–H groups in total. The van der Waals surface area contributed by atoms with Gasteiger partial charge in [0.05, 0.1) is 0 Å². The Morgan fingerprint density at radius 2 is 1.58 bits per heavy atom. The Balaban J connectivity index is 2.46. The number of carbonyl (C=O) groups excluding carboxylic acids is 2. The molecular formula is C15H24N2O2. The van der Waals surface area contributed by atoms with E-state index in [1.165, 1.54) is 0 Å². The van der Waals surface area contributed by atoms with Gasteiger partial charge in [-0.15, -0.1) is 0 Å². The molecule has 1 rings (SSSR count). The molecule has 0 aliphatic heterocycles. The standard InChI is InChI=1S/C15H24N2O2/c1-10(2)7-14(18)16-9-13(12-5-6-12)17-15(19)8-11(3)4/h7-8,12-13H,5-6,9H2,1-4H3,(H,16,18)(H,17,19)/t13-/m1/s1. The van der Waals surface area contributed by atoms with Crippen LogP contribution >= 0.6 is 0 Å². The van der Waals surface area contributed by atoms with E-state index in [0.29, 0.717) is 12.5 Å². The van der Waals surface area contributed by atoms with E-state index in [1.807, 2.05) is 27.7 Å². The van der Waals surface area contributed by atoms with Crippen molar-refractivity contribution in [1.82, 2.24) is 10.6 Å². The molecular weight excluding hydrogens is 240 g/mol. The fraction of sp³-hybridized carbons (Fsp3) is 0.600. The van der Waals surface area contributed by atoms with Gasteiger partial charge in [-0.05, 0) is 46.5 Å². The molecule has 0 radical (unpaired) electrons. The van der Waals surface area contributed by atoms with Gasteiger partial charge in [0.1, 0.15) is 0 Å². The third kappa shape index (κ3) is 6.79. The van der Waals surface area contributed by atoms with Crippen molar-refractivity contribution in [3.05, 3.63) is 23.3 Å². The monoisotopic (exact) mass is 264 g/mol. The van der Waals surface area contributed by atoms with Gasteiger partial charge in [-0.2, -0.15) is 0 Å². The fourth-order valence-electron chi connectivity index (χ4n) is 1.84. The van der Waals surface area contributed by atoms with Crippen LogP contribution in [0.4, 0.5) is 0 Å². The van der Waals surface area contributed by atoms with Crippen molar-refractivity contribution in [2.24, 2.45) is 5.92 Å². The number of hydrogen-bond acceptors (Lipinski definition) is 2. The second-order valence-electron chi connectivity index (χ2n) is 5.64. The normalized spacial score (nSPS) is 15.2. The van der Waals surface area contributed by atoms with Gasteiger partial charge in [0, 0.05) is 24.7 Å². The first-order chi connectivity index (χ1) is 8.88. The number of rotatable bonds is 6. The van der Waals surface area contributed by atoms with Crippen LogP contribution in [0.5, 0.6) is 0 Å². The van der Waals surface area contributed by atoms with Crippen LogP contribution in [0.25, 0.3) is 0 Å². The van der Waals surface area contributed by atoms with E-state index >= 15 is 0 Å². The Bertz CT molecular complexity index is 398. The van der Waals surface area contributed by atoms with Crippen molar-refractivity contribution in [1.29, 1.82) is 0 Å². The van der Waals surface area contributed by atoms with Gasteiger partial charge in [-0.1, -0.05) is 11.1 Å². The first kappa shape index (κ1) is 15.5. The van der Waals surface area contributed by atoms with Crippen molar-refractivity contribution >= 4 is 11.8 Å². The van der Waals surface area contributed by atoms with Crippen LogP contribution in [0, 0.1) is 5.92 Å². The first-order valence-electron chi connectivity index (χ1n) is 6.76. The minimum Gasteiger partial charge on any atom is -0.350 e. The fourth-order valence-corrected chi connectivity index (χ4v) is 1.84. The average molecular weight is 264 g/mol. The SMILES string of the molecule is CC(C)=CC(=O)NC[C@@H](NC(=O)C=C(C)C)C1CC1. The second kappa shape index (κ2) is 7.12. The van der Waals surface area contributed by atoms with Crippen molar-refractivity contribution in [3.8, 4) is 0 Å². The van der Waals surface area contributed by atoms with Crippen LogP contribution in [0.15, 0.2) is 23.3 Å². The van der Waals surface area contributed by atoms with Crippen LogP contribution in [-0.4, -0.2) is 24.4 Å². The van der Waals surface area contributed by atoms with Gasteiger partial charge in [-0.3, -0.25) is 9.59 Å². The summed E-state index contributed by atoms with van der Waals surface area (Å²) in [5.74, 6) is 0.331. The summed E-state index contributed by atoms with van der Waals surface area (Å²) in [7, 11) is 0. The van der Waals surface area contributed by atoms with Gasteiger partial charge in [0.25, 0.3) is 0 Å². The summed E-state index contributed by atoms with van der Waals surface area (Å²) in [6.07, 6.45) is 5.41. The summed E-state index contributed by atoms with van der Waals surface area (Å²) in [5.41, 5.74) is 1.94. The molecule has 0 saturated heterocycles. The Hall–Kier alpha value is -1.58. The van der Waals surface area contributed by atoms with Gasteiger partial charge in [0.15, 0.2) is 0 Å². The van der Waals surface area contributed by atoms with Gasteiger partial charge < -0.3 is 10.6 Å². The van der Waals surface area contributed by atoms with E-state index < -0.39 is 0 Å². The maximum atomic E-state index is 11.7. The maximum Gasteiger partial charge on any atom is 0.244 e. The van der Waals surface area contributed by atoms with E-state index in [-0.39, 0.29) is 17.9 Å². The second-order valence-corrected chi connectivity index (χ2v) is 5.64. The molecule has 106 valence electrons. The number of hydrogen-bond donors (Lipinski definition) is 2. The number of allylic oxidation sites excluding steroid dienone is 2. The molecule has 0 aromatic carbocycles. The van der Waals surface area contributed by atoms with Crippen LogP contribution < -0.4 is 10.6 Å². The maximum absolute atomic E-state index is 11.7. The van der Waals surface area contributed by atoms with E-state index in [2.05, 4.69) is 10.6 Å². The number of nitrogens with one attached hydrogen (secondary N) is 2. The van der Waals surface area contributed by atoms with Gasteiger partial charge >= 0.3 is 0 Å². The van der Waals surface area contributed by atoms with Crippen LogP contribution in [0.1, 0.15) is 40.5 Å². The molecule has 1 aliphatic carbocycles. The molecule has 4 nitrogen and oxygen atoms in total. The molecule has 0 heterocycles. The summed E-state index contributed by atoms with van der Waals surface area (Å²) in [4.78, 5) is 23.3. The van der Waals surface area contributed by atoms with Gasteiger partial charge in [-0.25, -0.2) is 0 Å². The Kier molecular flexibility index (Phi) is 5.80. The minimum absolute atomic E-state index is 0.0395. The van der Waals surface area contributed by atoms with Crippen molar-refractivity contribution in [3.63, 3.8) is 0 Å². The molecule has 0 unspecified atom stereocenters. The lowest BCUT2D eigenvalue weighted by Gasteiger charge is -2.17. The molecule has 1 fully saturated rings. The zero-order chi connectivity index (χ0) is 14.4. The van der Waals surface area contributed by atoms with Crippen LogP contribution in [-0.2, 0) is 9.59 Å². The minimum atomic E-state index is -0.0953. The van der Waals surface area contributed by atoms with Crippen molar-refractivity contribution in [2.75, 3.05) is 6.54 Å². The molecule has 0 aromatic heterocycles. The summed E-state index contributed by atoms with van der Waals surface area (Å²) in [6, 6.07) is 0.0395. The highest BCUT2D eigenvalue weighted by Crippen LogP contribution is 2.32. The lowest BCUT2D eigenvalue weighted by atomic mass is 10.1. The quantitative estimate of drug-likeness (QED) is 0.720. The van der Waals surface area contributed by atoms with Crippen LogP contribution in [0.3, 0.4) is 0 Å². The van der Waals surface area contributed by atoms with E-state index in [1.54, 1.807) is 12.2 Å². The predicted molar refractivity (Wildman–Crippen MR) is 76.5 cm³/mol. The molecule has 0 bridgehead atoms. The molecule has 2 amide bonds. The molecule has 1 saturated carbocycles. The van der Waals surface area contributed by atoms with E-state index in [0.717, 1.165) is 24.0 Å². The Morgan fingerprint density at radius 3 is 2.05 bits per heavy atom. The lowest BCUT2D eigenvalue weighted by Crippen LogP contribution is -2.44. The highest BCUT2D eigenvalue weighted by atomic mass is 16.2. The number of amides is 2. The summed E-state index contributed by atoms with van der Waals surface area (Å²) in [6.45, 7) is 8.04. The molecule has 19 heavy (non-hydrogen) atoms. The molecule has 0 aromatic rings. The highest BCUT2D eigenvalue weighted by Gasteiger charge is 2.32. The first-order valence-corrected chi connectivity index (χ1v) is 6.76. The van der Waals surface area contributed by atoms with Gasteiger partial charge in [0.2, 0.25) is 11.8 Å². The molecule has 4 heteroatoms. The molecule has 1 atom stereocenters. The lowest BCUT2D eigenvalue weighted by molar-refractivity contribution is -0.119. The average Bonchev–Trinajstić information content (AvgIpc) is 3.05. The molecule has 1 aliphatic rings. The largest absolute Gasteiger partial charge is 0.350 e. The Labute approximate surface area is 115 Å². The van der Waals surface area contributed by atoms with Crippen molar-refractivity contribution < 1.29 is 9.59 Å².